The number of aliphatic hydroxyl groups is 1. The highest BCUT2D eigenvalue weighted by Gasteiger charge is 2.27. The Balaban J connectivity index is 2.18. The summed E-state index contributed by atoms with van der Waals surface area (Å²) in [7, 11) is 0. The van der Waals surface area contributed by atoms with Crippen LogP contribution in [0.5, 0.6) is 0 Å². The Hall–Kier alpha value is -1.06. The standard InChI is InChI=1S/C14H18ClNO2/c1-9(17)11-3-4-14(13(15)7-11)16-6-5-12(8-16)10(2)18/h3-4,7,10,12,18H,5-6,8H2,1-2H3. The first-order valence-electron chi connectivity index (χ1n) is 6.22. The van der Waals surface area contributed by atoms with Crippen molar-refractivity contribution in [2.24, 2.45) is 5.92 Å². The molecule has 0 aromatic heterocycles. The maximum atomic E-state index is 11.3. The van der Waals surface area contributed by atoms with Gasteiger partial charge in [0, 0.05) is 24.6 Å². The van der Waals surface area contributed by atoms with Gasteiger partial charge < -0.3 is 10.0 Å². The van der Waals surface area contributed by atoms with Gasteiger partial charge in [-0.1, -0.05) is 11.6 Å². The Morgan fingerprint density at radius 1 is 1.56 bits per heavy atom. The largest absolute Gasteiger partial charge is 0.393 e. The summed E-state index contributed by atoms with van der Waals surface area (Å²) in [6, 6.07) is 5.41. The predicted molar refractivity (Wildman–Crippen MR) is 73.5 cm³/mol. The molecule has 0 radical (unpaired) electrons. The van der Waals surface area contributed by atoms with Crippen molar-refractivity contribution < 1.29 is 9.90 Å². The zero-order chi connectivity index (χ0) is 13.3. The van der Waals surface area contributed by atoms with E-state index in [0.29, 0.717) is 16.5 Å². The number of anilines is 1. The fourth-order valence-corrected chi connectivity index (χ4v) is 2.68. The second kappa shape index (κ2) is 5.29. The number of hydrogen-bond acceptors (Lipinski definition) is 3. The van der Waals surface area contributed by atoms with Crippen LogP contribution in [0.4, 0.5) is 5.69 Å². The van der Waals surface area contributed by atoms with E-state index in [1.54, 1.807) is 12.1 Å². The monoisotopic (exact) mass is 267 g/mol. The number of carbonyl (C=O) groups excluding carboxylic acids is 1. The first kappa shape index (κ1) is 13.4. The van der Waals surface area contributed by atoms with Gasteiger partial charge in [0.1, 0.15) is 0 Å². The van der Waals surface area contributed by atoms with Crippen LogP contribution in [0.1, 0.15) is 30.6 Å². The molecule has 1 N–H and O–H groups in total. The first-order valence-corrected chi connectivity index (χ1v) is 6.60. The summed E-state index contributed by atoms with van der Waals surface area (Å²) >= 11 is 6.22. The smallest absolute Gasteiger partial charge is 0.159 e. The maximum Gasteiger partial charge on any atom is 0.159 e. The van der Waals surface area contributed by atoms with Gasteiger partial charge in [-0.15, -0.1) is 0 Å². The van der Waals surface area contributed by atoms with Crippen molar-refractivity contribution >= 4 is 23.1 Å². The zero-order valence-corrected chi connectivity index (χ0v) is 11.4. The highest BCUT2D eigenvalue weighted by molar-refractivity contribution is 6.33. The number of ketones is 1. The van der Waals surface area contributed by atoms with Crippen molar-refractivity contribution in [3.8, 4) is 0 Å². The molecule has 3 nitrogen and oxygen atoms in total. The van der Waals surface area contributed by atoms with Crippen molar-refractivity contribution in [3.05, 3.63) is 28.8 Å². The topological polar surface area (TPSA) is 40.5 Å². The Bertz CT molecular complexity index is 459. The van der Waals surface area contributed by atoms with E-state index in [1.165, 1.54) is 6.92 Å². The van der Waals surface area contributed by atoms with Crippen LogP contribution in [0.15, 0.2) is 18.2 Å². The minimum Gasteiger partial charge on any atom is -0.393 e. The third kappa shape index (κ3) is 2.68. The number of nitrogens with zero attached hydrogens (tertiary/aromatic N) is 1. The number of halogens is 1. The van der Waals surface area contributed by atoms with Crippen molar-refractivity contribution in [2.45, 2.75) is 26.4 Å². The molecule has 18 heavy (non-hydrogen) atoms. The van der Waals surface area contributed by atoms with Gasteiger partial charge in [0.25, 0.3) is 0 Å². The fraction of sp³-hybridized carbons (Fsp3) is 0.500. The summed E-state index contributed by atoms with van der Waals surface area (Å²) in [6.07, 6.45) is 0.688. The lowest BCUT2D eigenvalue weighted by molar-refractivity contribution is 0.101. The van der Waals surface area contributed by atoms with Crippen molar-refractivity contribution in [2.75, 3.05) is 18.0 Å². The molecule has 1 fully saturated rings. The molecule has 1 heterocycles. The molecule has 1 aliphatic rings. The van der Waals surface area contributed by atoms with Crippen molar-refractivity contribution in [1.82, 2.24) is 0 Å². The van der Waals surface area contributed by atoms with Crippen LogP contribution in [0.2, 0.25) is 5.02 Å². The molecule has 1 aromatic rings. The van der Waals surface area contributed by atoms with Crippen LogP contribution in [0, 0.1) is 5.92 Å². The molecule has 0 aliphatic carbocycles. The SMILES string of the molecule is CC(=O)c1ccc(N2CCC(C(C)O)C2)c(Cl)c1. The summed E-state index contributed by atoms with van der Waals surface area (Å²) < 4.78 is 0. The summed E-state index contributed by atoms with van der Waals surface area (Å²) in [4.78, 5) is 13.4. The normalized spacial score (nSPS) is 21.1. The lowest BCUT2D eigenvalue weighted by atomic mass is 10.0. The van der Waals surface area contributed by atoms with Crippen LogP contribution in [-0.4, -0.2) is 30.1 Å². The lowest BCUT2D eigenvalue weighted by Gasteiger charge is -2.21. The van der Waals surface area contributed by atoms with Crippen LogP contribution in [-0.2, 0) is 0 Å². The summed E-state index contributed by atoms with van der Waals surface area (Å²) in [5.41, 5.74) is 1.58. The number of rotatable bonds is 3. The maximum absolute atomic E-state index is 11.3. The minimum atomic E-state index is -0.287. The van der Waals surface area contributed by atoms with Crippen LogP contribution in [0.3, 0.4) is 0 Å². The van der Waals surface area contributed by atoms with E-state index in [2.05, 4.69) is 4.90 Å². The van der Waals surface area contributed by atoms with Crippen LogP contribution in [0.25, 0.3) is 0 Å². The van der Waals surface area contributed by atoms with Gasteiger partial charge >= 0.3 is 0 Å². The van der Waals surface area contributed by atoms with Gasteiger partial charge in [-0.25, -0.2) is 0 Å². The quantitative estimate of drug-likeness (QED) is 0.856. The van der Waals surface area contributed by atoms with Crippen LogP contribution >= 0.6 is 11.6 Å². The molecule has 4 heteroatoms. The van der Waals surface area contributed by atoms with Gasteiger partial charge in [0.15, 0.2) is 5.78 Å². The molecule has 0 saturated carbocycles. The Kier molecular flexibility index (Phi) is 3.93. The van der Waals surface area contributed by atoms with Gasteiger partial charge in [0.05, 0.1) is 16.8 Å². The summed E-state index contributed by atoms with van der Waals surface area (Å²) in [5, 5.41) is 10.2. The minimum absolute atomic E-state index is 0.0201. The van der Waals surface area contributed by atoms with Crippen LogP contribution < -0.4 is 4.90 Å². The Morgan fingerprint density at radius 3 is 2.78 bits per heavy atom. The fourth-order valence-electron chi connectivity index (χ4n) is 2.38. The highest BCUT2D eigenvalue weighted by atomic mass is 35.5. The number of Topliss-reactive ketones (excluding diaryl/α,β-unsaturated/α-hetero) is 1. The molecule has 1 aliphatic heterocycles. The average Bonchev–Trinajstić information content (AvgIpc) is 2.78. The molecule has 0 spiro atoms. The second-order valence-corrected chi connectivity index (χ2v) is 5.36. The highest BCUT2D eigenvalue weighted by Crippen LogP contribution is 2.32. The van der Waals surface area contributed by atoms with E-state index < -0.39 is 0 Å². The average molecular weight is 268 g/mol. The van der Waals surface area contributed by atoms with Crippen molar-refractivity contribution in [3.63, 3.8) is 0 Å². The second-order valence-electron chi connectivity index (χ2n) is 4.96. The molecule has 1 aromatic carbocycles. The summed E-state index contributed by atoms with van der Waals surface area (Å²) in [5.74, 6) is 0.320. The molecule has 98 valence electrons. The van der Waals surface area contributed by atoms with E-state index in [4.69, 9.17) is 11.6 Å². The molecule has 2 rings (SSSR count). The number of aliphatic hydroxyl groups excluding tert-OH is 1. The van der Waals surface area contributed by atoms with Gasteiger partial charge in [-0.05, 0) is 38.5 Å². The summed E-state index contributed by atoms with van der Waals surface area (Å²) in [6.45, 7) is 5.07. The number of carbonyl (C=O) groups is 1. The van der Waals surface area contributed by atoms with Crippen molar-refractivity contribution in [1.29, 1.82) is 0 Å². The van der Waals surface area contributed by atoms with E-state index >= 15 is 0 Å². The van der Waals surface area contributed by atoms with E-state index in [0.717, 1.165) is 25.2 Å². The van der Waals surface area contributed by atoms with Gasteiger partial charge in [0.2, 0.25) is 0 Å². The van der Waals surface area contributed by atoms with Gasteiger partial charge in [-0.3, -0.25) is 4.79 Å². The Morgan fingerprint density at radius 2 is 2.28 bits per heavy atom. The third-order valence-corrected chi connectivity index (χ3v) is 3.90. The molecular weight excluding hydrogens is 250 g/mol. The number of benzene rings is 1. The lowest BCUT2D eigenvalue weighted by Crippen LogP contribution is -2.24. The zero-order valence-electron chi connectivity index (χ0n) is 10.7. The van der Waals surface area contributed by atoms with E-state index in [9.17, 15) is 9.90 Å². The van der Waals surface area contributed by atoms with Gasteiger partial charge in [-0.2, -0.15) is 0 Å². The molecule has 0 bridgehead atoms. The third-order valence-electron chi connectivity index (χ3n) is 3.60. The predicted octanol–water partition coefficient (Wildman–Crippen LogP) is 2.75. The molecule has 2 atom stereocenters. The molecule has 1 saturated heterocycles. The van der Waals surface area contributed by atoms with E-state index in [-0.39, 0.29) is 11.9 Å². The molecule has 2 unspecified atom stereocenters. The molecule has 0 amide bonds. The number of hydrogen-bond donors (Lipinski definition) is 1. The first-order chi connectivity index (χ1) is 8.49. The molecular formula is C14H18ClNO2. The van der Waals surface area contributed by atoms with E-state index in [1.807, 2.05) is 13.0 Å². The Labute approximate surface area is 112 Å².